The number of rotatable bonds is 1. The monoisotopic (exact) mass is 289 g/mol. The molecule has 1 aromatic carbocycles. The standard InChI is InChI=1S/C11H10BrClFN/c12-8-3-7(14)4-9(13)10(8)15-5-11(6-15)1-2-11/h3-4H,1-2,5-6H2. The van der Waals surface area contributed by atoms with E-state index in [2.05, 4.69) is 20.8 Å². The lowest BCUT2D eigenvalue weighted by Gasteiger charge is -2.42. The molecule has 0 amide bonds. The van der Waals surface area contributed by atoms with E-state index in [0.29, 0.717) is 10.4 Å². The molecule has 3 rings (SSSR count). The van der Waals surface area contributed by atoms with E-state index in [0.717, 1.165) is 23.2 Å². The molecular weight excluding hydrogens is 280 g/mol. The van der Waals surface area contributed by atoms with Crippen molar-refractivity contribution < 1.29 is 4.39 Å². The summed E-state index contributed by atoms with van der Waals surface area (Å²) in [6.45, 7) is 2.13. The maximum atomic E-state index is 13.0. The number of hydrogen-bond acceptors (Lipinski definition) is 1. The van der Waals surface area contributed by atoms with Crippen LogP contribution in [0.4, 0.5) is 10.1 Å². The molecular formula is C11H10BrClFN. The molecule has 0 N–H and O–H groups in total. The van der Waals surface area contributed by atoms with Crippen LogP contribution < -0.4 is 4.90 Å². The largest absolute Gasteiger partial charge is 0.368 e. The van der Waals surface area contributed by atoms with Crippen LogP contribution in [0.2, 0.25) is 5.02 Å². The second kappa shape index (κ2) is 3.11. The number of anilines is 1. The van der Waals surface area contributed by atoms with Crippen LogP contribution in [-0.2, 0) is 0 Å². The van der Waals surface area contributed by atoms with Gasteiger partial charge >= 0.3 is 0 Å². The summed E-state index contributed by atoms with van der Waals surface area (Å²) in [7, 11) is 0. The lowest BCUT2D eigenvalue weighted by atomic mass is 9.96. The second-order valence-corrected chi connectivity index (χ2v) is 5.84. The van der Waals surface area contributed by atoms with Gasteiger partial charge in [-0.2, -0.15) is 0 Å². The van der Waals surface area contributed by atoms with E-state index in [1.54, 1.807) is 0 Å². The first-order chi connectivity index (χ1) is 7.10. The van der Waals surface area contributed by atoms with Crippen LogP contribution in [0.1, 0.15) is 12.8 Å². The molecule has 0 radical (unpaired) electrons. The van der Waals surface area contributed by atoms with Gasteiger partial charge in [0.15, 0.2) is 0 Å². The summed E-state index contributed by atoms with van der Waals surface area (Å²) in [5, 5.41) is 0.498. The molecule has 2 aliphatic rings. The van der Waals surface area contributed by atoms with Crippen molar-refractivity contribution in [3.05, 3.63) is 27.4 Å². The van der Waals surface area contributed by atoms with Gasteiger partial charge in [-0.3, -0.25) is 0 Å². The van der Waals surface area contributed by atoms with Crippen molar-refractivity contribution in [1.29, 1.82) is 0 Å². The highest BCUT2D eigenvalue weighted by Crippen LogP contribution is 2.55. The molecule has 1 saturated carbocycles. The second-order valence-electron chi connectivity index (χ2n) is 4.57. The number of benzene rings is 1. The molecule has 0 atom stereocenters. The highest BCUT2D eigenvalue weighted by atomic mass is 79.9. The van der Waals surface area contributed by atoms with Crippen molar-refractivity contribution in [3.63, 3.8) is 0 Å². The predicted octanol–water partition coefficient (Wildman–Crippen LogP) is 3.84. The van der Waals surface area contributed by atoms with E-state index in [9.17, 15) is 4.39 Å². The van der Waals surface area contributed by atoms with E-state index in [4.69, 9.17) is 11.6 Å². The molecule has 80 valence electrons. The molecule has 0 aromatic heterocycles. The molecule has 0 bridgehead atoms. The molecule has 4 heteroatoms. The Bertz CT molecular complexity index is 400. The summed E-state index contributed by atoms with van der Waals surface area (Å²) in [5.74, 6) is -0.294. The topological polar surface area (TPSA) is 3.24 Å². The molecule has 2 fully saturated rings. The normalized spacial score (nSPS) is 21.7. The molecule has 1 saturated heterocycles. The van der Waals surface area contributed by atoms with Crippen LogP contribution in [0, 0.1) is 11.2 Å². The Morgan fingerprint density at radius 3 is 2.53 bits per heavy atom. The third kappa shape index (κ3) is 1.56. The third-order valence-electron chi connectivity index (χ3n) is 3.31. The molecule has 0 unspecified atom stereocenters. The SMILES string of the molecule is Fc1cc(Cl)c(N2CC3(CC3)C2)c(Br)c1. The average molecular weight is 291 g/mol. The third-order valence-corrected chi connectivity index (χ3v) is 4.20. The maximum absolute atomic E-state index is 13.0. The molecule has 1 aliphatic carbocycles. The Balaban J connectivity index is 1.91. The average Bonchev–Trinajstić information content (AvgIpc) is 2.80. The first-order valence-electron chi connectivity index (χ1n) is 4.99. The maximum Gasteiger partial charge on any atom is 0.125 e. The zero-order chi connectivity index (χ0) is 10.6. The van der Waals surface area contributed by atoms with Gasteiger partial charge in [-0.25, -0.2) is 4.39 Å². The Morgan fingerprint density at radius 1 is 1.33 bits per heavy atom. The highest BCUT2D eigenvalue weighted by Gasteiger charge is 2.52. The van der Waals surface area contributed by atoms with Crippen LogP contribution in [0.15, 0.2) is 16.6 Å². The highest BCUT2D eigenvalue weighted by molar-refractivity contribution is 9.10. The van der Waals surface area contributed by atoms with E-state index in [1.165, 1.54) is 25.0 Å². The Kier molecular flexibility index (Phi) is 2.05. The van der Waals surface area contributed by atoms with Crippen molar-refractivity contribution in [3.8, 4) is 0 Å². The quantitative estimate of drug-likeness (QED) is 0.759. The summed E-state index contributed by atoms with van der Waals surface area (Å²) < 4.78 is 13.8. The first kappa shape index (κ1) is 9.91. The van der Waals surface area contributed by atoms with Gasteiger partial charge in [-0.1, -0.05) is 11.6 Å². The van der Waals surface area contributed by atoms with Crippen LogP contribution in [0.5, 0.6) is 0 Å². The van der Waals surface area contributed by atoms with E-state index in [-0.39, 0.29) is 5.82 Å². The van der Waals surface area contributed by atoms with Gasteiger partial charge in [0.25, 0.3) is 0 Å². The summed E-state index contributed by atoms with van der Waals surface area (Å²) in [4.78, 5) is 2.22. The van der Waals surface area contributed by atoms with E-state index >= 15 is 0 Å². The molecule has 1 aliphatic heterocycles. The summed E-state index contributed by atoms with van der Waals surface area (Å²) in [6.07, 6.45) is 2.67. The lowest BCUT2D eigenvalue weighted by Crippen LogP contribution is -2.48. The van der Waals surface area contributed by atoms with Crippen molar-refractivity contribution >= 4 is 33.2 Å². The molecule has 15 heavy (non-hydrogen) atoms. The number of halogens is 3. The van der Waals surface area contributed by atoms with Crippen LogP contribution in [0.3, 0.4) is 0 Å². The molecule has 1 heterocycles. The summed E-state index contributed by atoms with van der Waals surface area (Å²) in [6, 6.07) is 2.85. The lowest BCUT2D eigenvalue weighted by molar-refractivity contribution is 0.387. The minimum atomic E-state index is -0.294. The van der Waals surface area contributed by atoms with Gasteiger partial charge in [0.2, 0.25) is 0 Å². The number of nitrogens with zero attached hydrogens (tertiary/aromatic N) is 1. The zero-order valence-electron chi connectivity index (χ0n) is 8.06. The van der Waals surface area contributed by atoms with Gasteiger partial charge in [0.05, 0.1) is 10.7 Å². The minimum Gasteiger partial charge on any atom is -0.368 e. The van der Waals surface area contributed by atoms with Gasteiger partial charge in [-0.15, -0.1) is 0 Å². The Morgan fingerprint density at radius 2 is 2.00 bits per heavy atom. The van der Waals surface area contributed by atoms with Gasteiger partial charge in [-0.05, 0) is 40.9 Å². The van der Waals surface area contributed by atoms with Gasteiger partial charge in [0, 0.05) is 23.0 Å². The molecule has 1 aromatic rings. The zero-order valence-corrected chi connectivity index (χ0v) is 10.4. The predicted molar refractivity (Wildman–Crippen MR) is 63.0 cm³/mol. The van der Waals surface area contributed by atoms with Gasteiger partial charge in [0.1, 0.15) is 5.82 Å². The van der Waals surface area contributed by atoms with Crippen molar-refractivity contribution in [2.45, 2.75) is 12.8 Å². The van der Waals surface area contributed by atoms with Crippen molar-refractivity contribution in [2.75, 3.05) is 18.0 Å². The summed E-state index contributed by atoms with van der Waals surface area (Å²) in [5.41, 5.74) is 1.52. The minimum absolute atomic E-state index is 0.294. The fourth-order valence-corrected chi connectivity index (χ4v) is 3.37. The van der Waals surface area contributed by atoms with Gasteiger partial charge < -0.3 is 4.90 Å². The van der Waals surface area contributed by atoms with Crippen LogP contribution in [-0.4, -0.2) is 13.1 Å². The Labute approximate surface area is 101 Å². The fraction of sp³-hybridized carbons (Fsp3) is 0.455. The smallest absolute Gasteiger partial charge is 0.125 e. The van der Waals surface area contributed by atoms with Crippen molar-refractivity contribution in [1.82, 2.24) is 0 Å². The first-order valence-corrected chi connectivity index (χ1v) is 6.16. The Hall–Kier alpha value is -0.280. The van der Waals surface area contributed by atoms with E-state index < -0.39 is 0 Å². The van der Waals surface area contributed by atoms with E-state index in [1.807, 2.05) is 0 Å². The molecule has 1 nitrogen and oxygen atoms in total. The van der Waals surface area contributed by atoms with Crippen LogP contribution >= 0.6 is 27.5 Å². The molecule has 1 spiro atoms. The fourth-order valence-electron chi connectivity index (χ4n) is 2.25. The number of hydrogen-bond donors (Lipinski definition) is 0. The van der Waals surface area contributed by atoms with Crippen molar-refractivity contribution in [2.24, 2.45) is 5.41 Å². The summed E-state index contributed by atoms with van der Waals surface area (Å²) >= 11 is 9.41. The van der Waals surface area contributed by atoms with Crippen LogP contribution in [0.25, 0.3) is 0 Å².